The van der Waals surface area contributed by atoms with E-state index in [1.54, 1.807) is 11.3 Å². The van der Waals surface area contributed by atoms with E-state index in [1.807, 2.05) is 29.1 Å². The highest BCUT2D eigenvalue weighted by atomic mass is 32.1. The minimum Gasteiger partial charge on any atom is -0.396 e. The largest absolute Gasteiger partial charge is 0.396 e. The zero-order valence-electron chi connectivity index (χ0n) is 11.5. The second-order valence-corrected chi connectivity index (χ2v) is 6.70. The third-order valence-electron chi connectivity index (χ3n) is 4.26. The summed E-state index contributed by atoms with van der Waals surface area (Å²) in [6.07, 6.45) is 7.10. The molecule has 6 heteroatoms. The summed E-state index contributed by atoms with van der Waals surface area (Å²) in [7, 11) is 0. The van der Waals surface area contributed by atoms with E-state index in [-0.39, 0.29) is 24.0 Å². The Labute approximate surface area is 121 Å². The molecule has 2 heterocycles. The smallest absolute Gasteiger partial charge is 0.226 e. The van der Waals surface area contributed by atoms with Crippen molar-refractivity contribution in [3.63, 3.8) is 0 Å². The van der Waals surface area contributed by atoms with Crippen LogP contribution in [0.25, 0.3) is 4.96 Å². The molecule has 20 heavy (non-hydrogen) atoms. The lowest BCUT2D eigenvalue weighted by Gasteiger charge is -2.30. The number of nitrogens with zero attached hydrogens (tertiary/aromatic N) is 2. The molecular weight excluding hydrogens is 274 g/mol. The molecule has 2 N–H and O–H groups in total. The van der Waals surface area contributed by atoms with Crippen LogP contribution in [0.15, 0.2) is 17.8 Å². The molecule has 2 unspecified atom stereocenters. The maximum atomic E-state index is 12.1. The minimum atomic E-state index is -0.176. The van der Waals surface area contributed by atoms with Gasteiger partial charge >= 0.3 is 0 Å². The average molecular weight is 293 g/mol. The summed E-state index contributed by atoms with van der Waals surface area (Å²) in [4.78, 5) is 17.5. The van der Waals surface area contributed by atoms with Gasteiger partial charge in [0.2, 0.25) is 5.91 Å². The Hall–Kier alpha value is -1.40. The standard InChI is InChI=1S/C14H19N3O2S/c1-14(9-18)4-2-3-11(14)16-12(19)7-10-8-17-5-6-20-13(17)15-10/h5-6,8,11,18H,2-4,7,9H2,1H3,(H,16,19). The Kier molecular flexibility index (Phi) is 3.52. The molecule has 2 aromatic heterocycles. The van der Waals surface area contributed by atoms with E-state index in [1.165, 1.54) is 0 Å². The second kappa shape index (κ2) is 5.18. The van der Waals surface area contributed by atoms with Crippen molar-refractivity contribution in [2.24, 2.45) is 5.41 Å². The molecule has 1 amide bonds. The molecule has 1 aliphatic carbocycles. The predicted molar refractivity (Wildman–Crippen MR) is 77.7 cm³/mol. The first-order chi connectivity index (χ1) is 9.60. The number of amides is 1. The van der Waals surface area contributed by atoms with E-state index in [2.05, 4.69) is 10.3 Å². The Bertz CT molecular complexity index is 592. The topological polar surface area (TPSA) is 66.6 Å². The molecular formula is C14H19N3O2S. The summed E-state index contributed by atoms with van der Waals surface area (Å²) in [5.41, 5.74) is 0.613. The van der Waals surface area contributed by atoms with E-state index in [4.69, 9.17) is 0 Å². The number of hydrogen-bond donors (Lipinski definition) is 2. The van der Waals surface area contributed by atoms with Crippen molar-refractivity contribution < 1.29 is 9.90 Å². The first-order valence-corrected chi connectivity index (χ1v) is 7.80. The predicted octanol–water partition coefficient (Wildman–Crippen LogP) is 1.61. The van der Waals surface area contributed by atoms with Crippen molar-refractivity contribution in [3.05, 3.63) is 23.5 Å². The Morgan fingerprint density at radius 1 is 1.70 bits per heavy atom. The number of nitrogens with one attached hydrogen (secondary N) is 1. The van der Waals surface area contributed by atoms with Crippen LogP contribution in [0.3, 0.4) is 0 Å². The molecule has 2 atom stereocenters. The highest BCUT2D eigenvalue weighted by Crippen LogP contribution is 2.37. The van der Waals surface area contributed by atoms with Gasteiger partial charge in [-0.25, -0.2) is 4.98 Å². The number of fused-ring (bicyclic) bond motifs is 1. The summed E-state index contributed by atoms with van der Waals surface area (Å²) in [6.45, 7) is 2.16. The maximum absolute atomic E-state index is 12.1. The van der Waals surface area contributed by atoms with Gasteiger partial charge in [0.05, 0.1) is 18.7 Å². The monoisotopic (exact) mass is 293 g/mol. The molecule has 0 aromatic carbocycles. The van der Waals surface area contributed by atoms with E-state index in [9.17, 15) is 9.90 Å². The van der Waals surface area contributed by atoms with Crippen LogP contribution in [0.5, 0.6) is 0 Å². The number of rotatable bonds is 4. The number of aliphatic hydroxyl groups is 1. The number of thiazole rings is 1. The van der Waals surface area contributed by atoms with Gasteiger partial charge in [0, 0.05) is 29.2 Å². The number of aromatic nitrogens is 2. The highest BCUT2D eigenvalue weighted by Gasteiger charge is 2.39. The molecule has 0 saturated heterocycles. The van der Waals surface area contributed by atoms with Crippen molar-refractivity contribution in [1.82, 2.24) is 14.7 Å². The normalized spacial score (nSPS) is 26.2. The van der Waals surface area contributed by atoms with Gasteiger partial charge in [-0.05, 0) is 12.8 Å². The molecule has 2 aromatic rings. The van der Waals surface area contributed by atoms with Gasteiger partial charge in [0.25, 0.3) is 0 Å². The van der Waals surface area contributed by atoms with Gasteiger partial charge in [-0.2, -0.15) is 0 Å². The van der Waals surface area contributed by atoms with Gasteiger partial charge in [-0.3, -0.25) is 9.20 Å². The van der Waals surface area contributed by atoms with Crippen LogP contribution in [0.2, 0.25) is 0 Å². The summed E-state index contributed by atoms with van der Waals surface area (Å²) >= 11 is 1.56. The van der Waals surface area contributed by atoms with Gasteiger partial charge in [-0.1, -0.05) is 13.3 Å². The van der Waals surface area contributed by atoms with Crippen molar-refractivity contribution in [2.75, 3.05) is 6.61 Å². The third-order valence-corrected chi connectivity index (χ3v) is 5.03. The van der Waals surface area contributed by atoms with Crippen LogP contribution in [0.1, 0.15) is 31.9 Å². The Morgan fingerprint density at radius 2 is 2.55 bits per heavy atom. The van der Waals surface area contributed by atoms with E-state index >= 15 is 0 Å². The fraction of sp³-hybridized carbons (Fsp3) is 0.571. The quantitative estimate of drug-likeness (QED) is 0.900. The molecule has 0 spiro atoms. The lowest BCUT2D eigenvalue weighted by Crippen LogP contribution is -2.45. The van der Waals surface area contributed by atoms with Gasteiger partial charge in [0.15, 0.2) is 4.96 Å². The van der Waals surface area contributed by atoms with Crippen LogP contribution < -0.4 is 5.32 Å². The minimum absolute atomic E-state index is 0.0117. The Balaban J connectivity index is 1.63. The molecule has 5 nitrogen and oxygen atoms in total. The van der Waals surface area contributed by atoms with Crippen molar-refractivity contribution in [3.8, 4) is 0 Å². The van der Waals surface area contributed by atoms with Crippen LogP contribution >= 0.6 is 11.3 Å². The van der Waals surface area contributed by atoms with E-state index in [0.29, 0.717) is 6.42 Å². The van der Waals surface area contributed by atoms with Gasteiger partial charge in [-0.15, -0.1) is 11.3 Å². The van der Waals surface area contributed by atoms with Crippen LogP contribution in [0, 0.1) is 5.41 Å². The molecule has 0 aliphatic heterocycles. The fourth-order valence-electron chi connectivity index (χ4n) is 2.94. The van der Waals surface area contributed by atoms with Gasteiger partial charge in [0.1, 0.15) is 0 Å². The Morgan fingerprint density at radius 3 is 3.30 bits per heavy atom. The summed E-state index contributed by atoms with van der Waals surface area (Å²) in [5.74, 6) is -0.0117. The van der Waals surface area contributed by atoms with Crippen molar-refractivity contribution in [1.29, 1.82) is 0 Å². The molecule has 108 valence electrons. The zero-order valence-corrected chi connectivity index (χ0v) is 12.3. The third kappa shape index (κ3) is 2.45. The van der Waals surface area contributed by atoms with Crippen molar-refractivity contribution >= 4 is 22.2 Å². The molecule has 1 fully saturated rings. The highest BCUT2D eigenvalue weighted by molar-refractivity contribution is 7.15. The lowest BCUT2D eigenvalue weighted by molar-refractivity contribution is -0.122. The molecule has 0 radical (unpaired) electrons. The van der Waals surface area contributed by atoms with Crippen LogP contribution in [-0.4, -0.2) is 33.0 Å². The summed E-state index contributed by atoms with van der Waals surface area (Å²) < 4.78 is 1.93. The molecule has 1 aliphatic rings. The maximum Gasteiger partial charge on any atom is 0.226 e. The molecule has 1 saturated carbocycles. The first-order valence-electron chi connectivity index (χ1n) is 6.92. The number of imidazole rings is 1. The number of carbonyl (C=O) groups excluding carboxylic acids is 1. The molecule has 0 bridgehead atoms. The van der Waals surface area contributed by atoms with Crippen LogP contribution in [-0.2, 0) is 11.2 Å². The van der Waals surface area contributed by atoms with Gasteiger partial charge < -0.3 is 10.4 Å². The first kappa shape index (κ1) is 13.6. The number of aliphatic hydroxyl groups excluding tert-OH is 1. The number of carbonyl (C=O) groups is 1. The number of hydrogen-bond acceptors (Lipinski definition) is 4. The van der Waals surface area contributed by atoms with E-state index < -0.39 is 0 Å². The lowest BCUT2D eigenvalue weighted by atomic mass is 9.86. The average Bonchev–Trinajstić information content (AvgIpc) is 3.06. The summed E-state index contributed by atoms with van der Waals surface area (Å²) in [5, 5.41) is 14.5. The fourth-order valence-corrected chi connectivity index (χ4v) is 3.66. The zero-order chi connectivity index (χ0) is 14.2. The van der Waals surface area contributed by atoms with E-state index in [0.717, 1.165) is 29.9 Å². The second-order valence-electron chi connectivity index (χ2n) is 5.83. The molecule has 3 rings (SSSR count). The van der Waals surface area contributed by atoms with Crippen LogP contribution in [0.4, 0.5) is 0 Å². The summed E-state index contributed by atoms with van der Waals surface area (Å²) in [6, 6.07) is 0.0729. The SMILES string of the molecule is CC1(CO)CCCC1NC(=O)Cc1cn2ccsc2n1. The van der Waals surface area contributed by atoms with Crippen molar-refractivity contribution in [2.45, 2.75) is 38.6 Å².